The van der Waals surface area contributed by atoms with Crippen LogP contribution in [-0.2, 0) is 4.79 Å². The summed E-state index contributed by atoms with van der Waals surface area (Å²) in [5.41, 5.74) is 0.927. The smallest absolute Gasteiger partial charge is 0.229 e. The summed E-state index contributed by atoms with van der Waals surface area (Å²) < 4.78 is 0. The zero-order chi connectivity index (χ0) is 11.3. The second-order valence-corrected chi connectivity index (χ2v) is 3.73. The molecule has 0 bridgehead atoms. The van der Waals surface area contributed by atoms with E-state index in [-0.39, 0.29) is 11.8 Å². The van der Waals surface area contributed by atoms with Gasteiger partial charge in [-0.15, -0.1) is 6.58 Å². The lowest BCUT2D eigenvalue weighted by atomic mass is 10.1. The third-order valence-corrected chi connectivity index (χ3v) is 2.14. The van der Waals surface area contributed by atoms with Crippen LogP contribution in [0.5, 0.6) is 0 Å². The number of nitrogens with zero attached hydrogens (tertiary/aromatic N) is 1. The van der Waals surface area contributed by atoms with Gasteiger partial charge in [0.05, 0.1) is 0 Å². The van der Waals surface area contributed by atoms with Crippen LogP contribution in [0, 0.1) is 5.92 Å². The van der Waals surface area contributed by atoms with E-state index >= 15 is 0 Å². The summed E-state index contributed by atoms with van der Waals surface area (Å²) in [6.45, 7) is 8.04. The fourth-order valence-electron chi connectivity index (χ4n) is 1.37. The minimum absolute atomic E-state index is 0.00477. The molecule has 0 spiro atoms. The van der Waals surface area contributed by atoms with E-state index in [2.05, 4.69) is 6.58 Å². The van der Waals surface area contributed by atoms with Crippen LogP contribution in [0.15, 0.2) is 43.0 Å². The summed E-state index contributed by atoms with van der Waals surface area (Å²) in [5.74, 6) is 0.131. The van der Waals surface area contributed by atoms with Crippen molar-refractivity contribution in [3.8, 4) is 0 Å². The number of carbonyl (C=O) groups excluding carboxylic acids is 1. The highest BCUT2D eigenvalue weighted by molar-refractivity contribution is 5.94. The van der Waals surface area contributed by atoms with E-state index in [1.165, 1.54) is 0 Å². The van der Waals surface area contributed by atoms with E-state index in [0.29, 0.717) is 6.54 Å². The zero-order valence-corrected chi connectivity index (χ0v) is 9.31. The Labute approximate surface area is 91.2 Å². The molecule has 1 aromatic carbocycles. The highest BCUT2D eigenvalue weighted by Crippen LogP contribution is 2.15. The summed E-state index contributed by atoms with van der Waals surface area (Å²) in [7, 11) is 0. The van der Waals surface area contributed by atoms with Gasteiger partial charge in [0.15, 0.2) is 0 Å². The first-order valence-electron chi connectivity index (χ1n) is 5.14. The fraction of sp³-hybridized carbons (Fsp3) is 0.308. The van der Waals surface area contributed by atoms with Gasteiger partial charge in [0.2, 0.25) is 5.91 Å². The van der Waals surface area contributed by atoms with Crippen molar-refractivity contribution in [3.63, 3.8) is 0 Å². The maximum atomic E-state index is 11.9. The molecule has 0 N–H and O–H groups in total. The van der Waals surface area contributed by atoms with Crippen molar-refractivity contribution >= 4 is 11.6 Å². The lowest BCUT2D eigenvalue weighted by molar-refractivity contribution is -0.121. The zero-order valence-electron chi connectivity index (χ0n) is 9.31. The Morgan fingerprint density at radius 1 is 1.40 bits per heavy atom. The molecule has 80 valence electrons. The van der Waals surface area contributed by atoms with Crippen LogP contribution >= 0.6 is 0 Å². The second kappa shape index (κ2) is 5.35. The molecule has 0 saturated carbocycles. The van der Waals surface area contributed by atoms with E-state index in [0.717, 1.165) is 5.69 Å². The second-order valence-electron chi connectivity index (χ2n) is 3.73. The van der Waals surface area contributed by atoms with E-state index in [4.69, 9.17) is 0 Å². The van der Waals surface area contributed by atoms with Gasteiger partial charge in [-0.1, -0.05) is 38.1 Å². The third kappa shape index (κ3) is 2.94. The number of para-hydroxylation sites is 1. The van der Waals surface area contributed by atoms with Gasteiger partial charge in [0.1, 0.15) is 0 Å². The number of rotatable bonds is 4. The van der Waals surface area contributed by atoms with E-state index in [1.54, 1.807) is 11.0 Å². The van der Waals surface area contributed by atoms with Crippen molar-refractivity contribution in [3.05, 3.63) is 43.0 Å². The van der Waals surface area contributed by atoms with E-state index in [9.17, 15) is 4.79 Å². The van der Waals surface area contributed by atoms with Crippen LogP contribution < -0.4 is 4.90 Å². The average Bonchev–Trinajstić information content (AvgIpc) is 2.26. The molecule has 0 fully saturated rings. The standard InChI is InChI=1S/C13H17NO/c1-4-10-14(13(15)11(2)3)12-8-6-5-7-9-12/h4-9,11H,1,10H2,2-3H3. The van der Waals surface area contributed by atoms with Crippen molar-refractivity contribution in [2.45, 2.75) is 13.8 Å². The fourth-order valence-corrected chi connectivity index (χ4v) is 1.37. The average molecular weight is 203 g/mol. The van der Waals surface area contributed by atoms with E-state index in [1.807, 2.05) is 44.2 Å². The van der Waals surface area contributed by atoms with Gasteiger partial charge in [-0.2, -0.15) is 0 Å². The van der Waals surface area contributed by atoms with Crippen molar-refractivity contribution in [2.75, 3.05) is 11.4 Å². The van der Waals surface area contributed by atoms with Crippen molar-refractivity contribution in [1.82, 2.24) is 0 Å². The first-order chi connectivity index (χ1) is 7.16. The maximum absolute atomic E-state index is 11.9. The molecule has 0 aliphatic carbocycles. The van der Waals surface area contributed by atoms with E-state index < -0.39 is 0 Å². The van der Waals surface area contributed by atoms with Crippen LogP contribution in [0.4, 0.5) is 5.69 Å². The molecule has 0 radical (unpaired) electrons. The van der Waals surface area contributed by atoms with Crippen molar-refractivity contribution in [2.24, 2.45) is 5.92 Å². The van der Waals surface area contributed by atoms with Crippen LogP contribution in [0.25, 0.3) is 0 Å². The molecular formula is C13H17NO. The summed E-state index contributed by atoms with van der Waals surface area (Å²) in [6.07, 6.45) is 1.74. The quantitative estimate of drug-likeness (QED) is 0.689. The molecule has 0 atom stereocenters. The SMILES string of the molecule is C=CCN(C(=O)C(C)C)c1ccccc1. The normalized spacial score (nSPS) is 10.1. The van der Waals surface area contributed by atoms with Crippen LogP contribution in [0.3, 0.4) is 0 Å². The van der Waals surface area contributed by atoms with Crippen LogP contribution in [0.2, 0.25) is 0 Å². The molecule has 1 aromatic rings. The summed E-state index contributed by atoms with van der Waals surface area (Å²) in [5, 5.41) is 0. The molecule has 15 heavy (non-hydrogen) atoms. The minimum atomic E-state index is 0.00477. The molecule has 0 aliphatic heterocycles. The number of anilines is 1. The topological polar surface area (TPSA) is 20.3 Å². The van der Waals surface area contributed by atoms with Gasteiger partial charge in [-0.25, -0.2) is 0 Å². The molecule has 0 heterocycles. The number of benzene rings is 1. The number of carbonyl (C=O) groups is 1. The largest absolute Gasteiger partial charge is 0.308 e. The van der Waals surface area contributed by atoms with Gasteiger partial charge in [-0.3, -0.25) is 4.79 Å². The summed E-state index contributed by atoms with van der Waals surface area (Å²) >= 11 is 0. The van der Waals surface area contributed by atoms with Crippen LogP contribution in [-0.4, -0.2) is 12.5 Å². The Morgan fingerprint density at radius 2 is 2.00 bits per heavy atom. The molecular weight excluding hydrogens is 186 g/mol. The number of hydrogen-bond acceptors (Lipinski definition) is 1. The Morgan fingerprint density at radius 3 is 2.47 bits per heavy atom. The molecule has 0 unspecified atom stereocenters. The highest BCUT2D eigenvalue weighted by Gasteiger charge is 2.16. The van der Waals surface area contributed by atoms with Crippen molar-refractivity contribution in [1.29, 1.82) is 0 Å². The highest BCUT2D eigenvalue weighted by atomic mass is 16.2. The molecule has 1 amide bonds. The Bertz CT molecular complexity index is 330. The van der Waals surface area contributed by atoms with Gasteiger partial charge in [0.25, 0.3) is 0 Å². The van der Waals surface area contributed by atoms with Gasteiger partial charge in [-0.05, 0) is 12.1 Å². The number of hydrogen-bond donors (Lipinski definition) is 0. The maximum Gasteiger partial charge on any atom is 0.229 e. The first kappa shape index (κ1) is 11.5. The Kier molecular flexibility index (Phi) is 4.10. The molecule has 2 nitrogen and oxygen atoms in total. The predicted molar refractivity (Wildman–Crippen MR) is 63.8 cm³/mol. The Balaban J connectivity index is 2.93. The lowest BCUT2D eigenvalue weighted by Crippen LogP contribution is -2.34. The number of amides is 1. The monoisotopic (exact) mass is 203 g/mol. The molecule has 2 heteroatoms. The lowest BCUT2D eigenvalue weighted by Gasteiger charge is -2.23. The molecule has 1 rings (SSSR count). The third-order valence-electron chi connectivity index (χ3n) is 2.14. The van der Waals surface area contributed by atoms with Gasteiger partial charge >= 0.3 is 0 Å². The van der Waals surface area contributed by atoms with Crippen molar-refractivity contribution < 1.29 is 4.79 Å². The summed E-state index contributed by atoms with van der Waals surface area (Å²) in [6, 6.07) is 9.67. The van der Waals surface area contributed by atoms with Gasteiger partial charge < -0.3 is 4.90 Å². The molecule has 0 saturated heterocycles. The molecule has 0 aromatic heterocycles. The molecule has 0 aliphatic rings. The van der Waals surface area contributed by atoms with Crippen LogP contribution in [0.1, 0.15) is 13.8 Å². The van der Waals surface area contributed by atoms with Gasteiger partial charge in [0, 0.05) is 18.2 Å². The first-order valence-corrected chi connectivity index (χ1v) is 5.14. The minimum Gasteiger partial charge on any atom is -0.308 e. The summed E-state index contributed by atoms with van der Waals surface area (Å²) in [4.78, 5) is 13.7. The predicted octanol–water partition coefficient (Wildman–Crippen LogP) is 2.86. The Hall–Kier alpha value is -1.57.